The number of halogens is 2. The van der Waals surface area contributed by atoms with Gasteiger partial charge in [0.25, 0.3) is 0 Å². The van der Waals surface area contributed by atoms with E-state index in [-0.39, 0.29) is 11.7 Å². The Morgan fingerprint density at radius 3 is 2.28 bits per heavy atom. The molecule has 1 saturated heterocycles. The van der Waals surface area contributed by atoms with Crippen molar-refractivity contribution in [2.45, 2.75) is 6.42 Å². The molecule has 1 aliphatic rings. The molecule has 2 aromatic rings. The first-order valence-electron chi connectivity index (χ1n) is 8.39. The van der Waals surface area contributed by atoms with Crippen molar-refractivity contribution in [3.63, 3.8) is 0 Å². The Morgan fingerprint density at radius 1 is 1.00 bits per heavy atom. The van der Waals surface area contributed by atoms with E-state index in [9.17, 15) is 9.18 Å². The highest BCUT2D eigenvalue weighted by atomic mass is 79.9. The monoisotopic (exact) mass is 405 g/mol. The van der Waals surface area contributed by atoms with Gasteiger partial charge in [0.2, 0.25) is 5.91 Å². The molecular formula is C19H21BrFN3O. The minimum Gasteiger partial charge on any atom is -0.385 e. The molecule has 1 heterocycles. The Morgan fingerprint density at radius 2 is 1.64 bits per heavy atom. The quantitative estimate of drug-likeness (QED) is 0.822. The molecule has 25 heavy (non-hydrogen) atoms. The summed E-state index contributed by atoms with van der Waals surface area (Å²) in [6.07, 6.45) is 0.479. The molecule has 1 aliphatic heterocycles. The Balaban J connectivity index is 1.42. The highest BCUT2D eigenvalue weighted by Crippen LogP contribution is 2.17. The predicted molar refractivity (Wildman–Crippen MR) is 102 cm³/mol. The number of nitrogens with one attached hydrogen (secondary N) is 1. The minimum absolute atomic E-state index is 0.170. The molecule has 3 rings (SSSR count). The number of carbonyl (C=O) groups is 1. The molecule has 2 aromatic carbocycles. The average molecular weight is 406 g/mol. The normalized spacial score (nSPS) is 14.5. The summed E-state index contributed by atoms with van der Waals surface area (Å²) >= 11 is 3.40. The number of nitrogens with zero attached hydrogens (tertiary/aromatic N) is 2. The lowest BCUT2D eigenvalue weighted by Crippen LogP contribution is -2.49. The van der Waals surface area contributed by atoms with E-state index in [0.29, 0.717) is 26.1 Å². The van der Waals surface area contributed by atoms with E-state index in [2.05, 4.69) is 26.1 Å². The zero-order valence-corrected chi connectivity index (χ0v) is 15.5. The molecule has 0 saturated carbocycles. The molecule has 0 radical (unpaired) electrons. The maximum absolute atomic E-state index is 13.0. The van der Waals surface area contributed by atoms with Gasteiger partial charge >= 0.3 is 0 Å². The standard InChI is InChI=1S/C19H21BrFN3O/c20-15-1-5-17(6-2-15)22-10-9-19(25)24-13-11-23(12-14-24)18-7-3-16(21)4-8-18/h1-8,22H,9-14H2. The van der Waals surface area contributed by atoms with Crippen LogP contribution in [0, 0.1) is 5.82 Å². The number of amides is 1. The van der Waals surface area contributed by atoms with E-state index in [1.165, 1.54) is 12.1 Å². The van der Waals surface area contributed by atoms with E-state index >= 15 is 0 Å². The van der Waals surface area contributed by atoms with Gasteiger partial charge in [0.05, 0.1) is 0 Å². The number of benzene rings is 2. The van der Waals surface area contributed by atoms with Crippen LogP contribution in [0.2, 0.25) is 0 Å². The van der Waals surface area contributed by atoms with Crippen molar-refractivity contribution in [1.82, 2.24) is 4.90 Å². The van der Waals surface area contributed by atoms with Gasteiger partial charge in [0.1, 0.15) is 5.82 Å². The van der Waals surface area contributed by atoms with Gasteiger partial charge in [0.15, 0.2) is 0 Å². The molecule has 0 aromatic heterocycles. The van der Waals surface area contributed by atoms with Crippen LogP contribution in [0.5, 0.6) is 0 Å². The highest BCUT2D eigenvalue weighted by molar-refractivity contribution is 9.10. The minimum atomic E-state index is -0.226. The van der Waals surface area contributed by atoms with Gasteiger partial charge in [-0.2, -0.15) is 0 Å². The third kappa shape index (κ3) is 4.95. The molecule has 1 amide bonds. The fraction of sp³-hybridized carbons (Fsp3) is 0.316. The van der Waals surface area contributed by atoms with Crippen LogP contribution in [0.3, 0.4) is 0 Å². The maximum Gasteiger partial charge on any atom is 0.224 e. The molecule has 0 atom stereocenters. The van der Waals surface area contributed by atoms with Crippen LogP contribution in [-0.4, -0.2) is 43.5 Å². The average Bonchev–Trinajstić information content (AvgIpc) is 2.64. The van der Waals surface area contributed by atoms with Crippen molar-refractivity contribution in [3.8, 4) is 0 Å². The van der Waals surface area contributed by atoms with Gasteiger partial charge < -0.3 is 15.1 Å². The van der Waals surface area contributed by atoms with Crippen LogP contribution >= 0.6 is 15.9 Å². The van der Waals surface area contributed by atoms with Gasteiger partial charge in [-0.05, 0) is 48.5 Å². The molecule has 0 bridgehead atoms. The number of carbonyl (C=O) groups excluding carboxylic acids is 1. The van der Waals surface area contributed by atoms with Gasteiger partial charge in [0, 0.05) is 55.0 Å². The van der Waals surface area contributed by atoms with Crippen molar-refractivity contribution < 1.29 is 9.18 Å². The fourth-order valence-corrected chi connectivity index (χ4v) is 3.17. The summed E-state index contributed by atoms with van der Waals surface area (Å²) in [6, 6.07) is 14.4. The van der Waals surface area contributed by atoms with E-state index in [1.54, 1.807) is 12.1 Å². The summed E-state index contributed by atoms with van der Waals surface area (Å²) in [6.45, 7) is 3.58. The van der Waals surface area contributed by atoms with Gasteiger partial charge in [-0.25, -0.2) is 4.39 Å². The van der Waals surface area contributed by atoms with E-state index in [4.69, 9.17) is 0 Å². The van der Waals surface area contributed by atoms with Crippen LogP contribution in [-0.2, 0) is 4.79 Å². The summed E-state index contributed by atoms with van der Waals surface area (Å²) in [5.41, 5.74) is 2.02. The molecule has 4 nitrogen and oxygen atoms in total. The Labute approximate surface area is 155 Å². The van der Waals surface area contributed by atoms with E-state index in [1.807, 2.05) is 29.2 Å². The van der Waals surface area contributed by atoms with Gasteiger partial charge in [-0.1, -0.05) is 15.9 Å². The fourth-order valence-electron chi connectivity index (χ4n) is 2.91. The van der Waals surface area contributed by atoms with Crippen molar-refractivity contribution in [3.05, 3.63) is 58.8 Å². The SMILES string of the molecule is O=C(CCNc1ccc(Br)cc1)N1CCN(c2ccc(F)cc2)CC1. The third-order valence-corrected chi connectivity index (χ3v) is 4.87. The second kappa shape index (κ2) is 8.34. The van der Waals surface area contributed by atoms with Crippen molar-refractivity contribution in [2.24, 2.45) is 0 Å². The highest BCUT2D eigenvalue weighted by Gasteiger charge is 2.20. The second-order valence-corrected chi connectivity index (χ2v) is 6.94. The van der Waals surface area contributed by atoms with Gasteiger partial charge in [-0.3, -0.25) is 4.79 Å². The maximum atomic E-state index is 13.0. The Bertz CT molecular complexity index is 698. The number of hydrogen-bond donors (Lipinski definition) is 1. The zero-order valence-electron chi connectivity index (χ0n) is 13.9. The molecular weight excluding hydrogens is 385 g/mol. The van der Waals surface area contributed by atoms with Crippen LogP contribution in [0.4, 0.5) is 15.8 Å². The number of hydrogen-bond acceptors (Lipinski definition) is 3. The number of anilines is 2. The van der Waals surface area contributed by atoms with Crippen LogP contribution in [0.15, 0.2) is 53.0 Å². The topological polar surface area (TPSA) is 35.6 Å². The lowest BCUT2D eigenvalue weighted by molar-refractivity contribution is -0.131. The lowest BCUT2D eigenvalue weighted by Gasteiger charge is -2.36. The van der Waals surface area contributed by atoms with Gasteiger partial charge in [-0.15, -0.1) is 0 Å². The first-order valence-corrected chi connectivity index (χ1v) is 9.19. The first kappa shape index (κ1) is 17.7. The first-order chi connectivity index (χ1) is 12.1. The Hall–Kier alpha value is -2.08. The summed E-state index contributed by atoms with van der Waals surface area (Å²) < 4.78 is 14.0. The van der Waals surface area contributed by atoms with Crippen molar-refractivity contribution in [1.29, 1.82) is 0 Å². The number of rotatable bonds is 5. The smallest absolute Gasteiger partial charge is 0.224 e. The van der Waals surface area contributed by atoms with E-state index < -0.39 is 0 Å². The summed E-state index contributed by atoms with van der Waals surface area (Å²) in [7, 11) is 0. The molecule has 0 aliphatic carbocycles. The van der Waals surface area contributed by atoms with Crippen molar-refractivity contribution in [2.75, 3.05) is 42.9 Å². The van der Waals surface area contributed by atoms with Crippen LogP contribution in [0.25, 0.3) is 0 Å². The summed E-state index contributed by atoms with van der Waals surface area (Å²) in [5.74, 6) is -0.0563. The predicted octanol–water partition coefficient (Wildman–Crippen LogP) is 3.74. The second-order valence-electron chi connectivity index (χ2n) is 6.03. The van der Waals surface area contributed by atoms with Crippen molar-refractivity contribution >= 4 is 33.2 Å². The Kier molecular flexibility index (Phi) is 5.91. The molecule has 1 fully saturated rings. The third-order valence-electron chi connectivity index (χ3n) is 4.34. The van der Waals surface area contributed by atoms with E-state index in [0.717, 1.165) is 28.9 Å². The van der Waals surface area contributed by atoms with Crippen LogP contribution in [0.1, 0.15) is 6.42 Å². The molecule has 132 valence electrons. The summed E-state index contributed by atoms with van der Waals surface area (Å²) in [5, 5.41) is 3.27. The molecule has 0 unspecified atom stereocenters. The molecule has 1 N–H and O–H groups in total. The van der Waals surface area contributed by atoms with Crippen LogP contribution < -0.4 is 10.2 Å². The molecule has 6 heteroatoms. The summed E-state index contributed by atoms with van der Waals surface area (Å²) in [4.78, 5) is 16.4. The largest absolute Gasteiger partial charge is 0.385 e. The zero-order chi connectivity index (χ0) is 17.6. The number of piperazine rings is 1. The molecule has 0 spiro atoms. The lowest BCUT2D eigenvalue weighted by atomic mass is 10.2.